The molecule has 1 heterocycles. The fraction of sp³-hybridized carbons (Fsp3) is 0.333. The summed E-state index contributed by atoms with van der Waals surface area (Å²) in [4.78, 5) is 12.8. The van der Waals surface area contributed by atoms with Gasteiger partial charge in [-0.3, -0.25) is 0 Å². The molecule has 0 spiro atoms. The Hall–Kier alpha value is -3.27. The number of aliphatic imine (C=N–C) groups is 2. The smallest absolute Gasteiger partial charge is 0.266 e. The quantitative estimate of drug-likeness (QED) is 0.562. The van der Waals surface area contributed by atoms with Crippen LogP contribution in [-0.2, 0) is 16.6 Å². The molecule has 0 fully saturated rings. The Morgan fingerprint density at radius 2 is 1.77 bits per heavy atom. The first-order valence-corrected chi connectivity index (χ1v) is 11.0. The van der Waals surface area contributed by atoms with Crippen molar-refractivity contribution >= 4 is 33.2 Å². The standard InChI is InChI=1S/C21H27N5O4S/c1-14(25(2)3)22-16-9-7-8-15(10-16)13-26(4)21-23-17-11-18(29-5)19(30-6)12-20(17)31(27,28)24-21/h7-12H,13H2,1-6H3,(H,23,24)/b22-14+. The van der Waals surface area contributed by atoms with Gasteiger partial charge in [0.25, 0.3) is 10.0 Å². The van der Waals surface area contributed by atoms with E-state index in [9.17, 15) is 8.42 Å². The largest absolute Gasteiger partial charge is 0.493 e. The normalized spacial score (nSPS) is 14.8. The Balaban J connectivity index is 1.90. The second kappa shape index (κ2) is 8.84. The Labute approximate surface area is 183 Å². The first-order valence-electron chi connectivity index (χ1n) is 9.55. The van der Waals surface area contributed by atoms with Gasteiger partial charge in [-0.15, -0.1) is 0 Å². The highest BCUT2D eigenvalue weighted by Gasteiger charge is 2.29. The summed E-state index contributed by atoms with van der Waals surface area (Å²) in [6, 6.07) is 10.7. The average molecular weight is 446 g/mol. The molecule has 0 radical (unpaired) electrons. The minimum atomic E-state index is -3.81. The number of methoxy groups -OCH3 is 2. The molecule has 1 aliphatic heterocycles. The van der Waals surface area contributed by atoms with Gasteiger partial charge in [0.15, 0.2) is 11.5 Å². The van der Waals surface area contributed by atoms with Gasteiger partial charge in [-0.05, 0) is 24.6 Å². The molecular weight excluding hydrogens is 418 g/mol. The third-order valence-electron chi connectivity index (χ3n) is 4.84. The maximum atomic E-state index is 12.8. The zero-order chi connectivity index (χ0) is 22.8. The van der Waals surface area contributed by atoms with Crippen LogP contribution in [-0.4, -0.2) is 65.4 Å². The molecule has 9 nitrogen and oxygen atoms in total. The van der Waals surface area contributed by atoms with Gasteiger partial charge in [0.05, 0.1) is 25.6 Å². The fourth-order valence-electron chi connectivity index (χ4n) is 2.99. The van der Waals surface area contributed by atoms with Crippen molar-refractivity contribution in [1.29, 1.82) is 0 Å². The Morgan fingerprint density at radius 1 is 1.10 bits per heavy atom. The Morgan fingerprint density at radius 3 is 2.42 bits per heavy atom. The molecule has 2 aromatic rings. The number of ether oxygens (including phenoxy) is 2. The first kappa shape index (κ1) is 22.4. The number of amidine groups is 1. The van der Waals surface area contributed by atoms with E-state index in [-0.39, 0.29) is 10.9 Å². The van der Waals surface area contributed by atoms with Crippen LogP contribution < -0.4 is 14.2 Å². The van der Waals surface area contributed by atoms with Crippen LogP contribution in [0.15, 0.2) is 51.3 Å². The van der Waals surface area contributed by atoms with Crippen LogP contribution in [0.1, 0.15) is 12.5 Å². The zero-order valence-electron chi connectivity index (χ0n) is 18.5. The highest BCUT2D eigenvalue weighted by molar-refractivity contribution is 7.90. The van der Waals surface area contributed by atoms with Gasteiger partial charge in [-0.1, -0.05) is 12.1 Å². The SMILES string of the molecule is COc1cc2c(cc1OC)S(=O)(=O)NC(N(C)Cc1cccc(/N=C(\C)N(C)C)c1)=N2. The third-order valence-corrected chi connectivity index (χ3v) is 6.19. The molecule has 31 heavy (non-hydrogen) atoms. The molecular formula is C21H27N5O4S. The van der Waals surface area contributed by atoms with E-state index in [1.165, 1.54) is 20.3 Å². The lowest BCUT2D eigenvalue weighted by Gasteiger charge is -2.26. The molecule has 0 aromatic heterocycles. The zero-order valence-corrected chi connectivity index (χ0v) is 19.3. The number of guanidine groups is 1. The van der Waals surface area contributed by atoms with E-state index >= 15 is 0 Å². The van der Waals surface area contributed by atoms with Gasteiger partial charge >= 0.3 is 0 Å². The number of fused-ring (bicyclic) bond motifs is 1. The van der Waals surface area contributed by atoms with Crippen LogP contribution in [0.2, 0.25) is 0 Å². The fourth-order valence-corrected chi connectivity index (χ4v) is 4.18. The number of rotatable bonds is 5. The van der Waals surface area contributed by atoms with E-state index in [2.05, 4.69) is 14.7 Å². The highest BCUT2D eigenvalue weighted by atomic mass is 32.2. The first-order chi connectivity index (χ1) is 14.6. The molecule has 0 saturated carbocycles. The number of nitrogens with one attached hydrogen (secondary N) is 1. The van der Waals surface area contributed by atoms with Gasteiger partial charge < -0.3 is 19.3 Å². The molecule has 0 bridgehead atoms. The van der Waals surface area contributed by atoms with E-state index in [1.54, 1.807) is 18.0 Å². The van der Waals surface area contributed by atoms with E-state index in [0.29, 0.717) is 23.7 Å². The summed E-state index contributed by atoms with van der Waals surface area (Å²) in [5.74, 6) is 1.84. The Kier molecular flexibility index (Phi) is 6.40. The van der Waals surface area contributed by atoms with E-state index in [0.717, 1.165) is 17.1 Å². The lowest BCUT2D eigenvalue weighted by Crippen LogP contribution is -2.43. The molecule has 1 N–H and O–H groups in total. The maximum absolute atomic E-state index is 12.8. The van der Waals surface area contributed by atoms with Crippen LogP contribution in [0.3, 0.4) is 0 Å². The molecule has 10 heteroatoms. The summed E-state index contributed by atoms with van der Waals surface area (Å²) >= 11 is 0. The summed E-state index contributed by atoms with van der Waals surface area (Å²) in [6.07, 6.45) is 0. The van der Waals surface area contributed by atoms with Crippen molar-refractivity contribution < 1.29 is 17.9 Å². The highest BCUT2D eigenvalue weighted by Crippen LogP contribution is 2.38. The van der Waals surface area contributed by atoms with Crippen LogP contribution in [0, 0.1) is 0 Å². The van der Waals surface area contributed by atoms with Crippen LogP contribution in [0.5, 0.6) is 11.5 Å². The topological polar surface area (TPSA) is 95.8 Å². The molecule has 1 aliphatic rings. The number of sulfonamides is 1. The Bertz CT molecular complexity index is 1140. The van der Waals surface area contributed by atoms with E-state index in [4.69, 9.17) is 9.47 Å². The summed E-state index contributed by atoms with van der Waals surface area (Å²) in [7, 11) is 4.78. The van der Waals surface area contributed by atoms with Crippen molar-refractivity contribution in [2.75, 3.05) is 35.4 Å². The molecule has 0 unspecified atom stereocenters. The molecule has 2 aromatic carbocycles. The number of hydrogen-bond donors (Lipinski definition) is 1. The monoisotopic (exact) mass is 445 g/mol. The number of nitrogens with zero attached hydrogens (tertiary/aromatic N) is 4. The van der Waals surface area contributed by atoms with Crippen molar-refractivity contribution in [2.24, 2.45) is 9.98 Å². The minimum Gasteiger partial charge on any atom is -0.493 e. The second-order valence-corrected chi connectivity index (χ2v) is 8.95. The molecule has 3 rings (SSSR count). The average Bonchev–Trinajstić information content (AvgIpc) is 2.72. The summed E-state index contributed by atoms with van der Waals surface area (Å²) in [5, 5.41) is 0. The molecule has 0 saturated heterocycles. The second-order valence-electron chi connectivity index (χ2n) is 7.30. The molecule has 0 atom stereocenters. The van der Waals surface area contributed by atoms with Crippen molar-refractivity contribution in [3.8, 4) is 11.5 Å². The lowest BCUT2D eigenvalue weighted by atomic mass is 10.2. The predicted octanol–water partition coefficient (Wildman–Crippen LogP) is 2.73. The van der Waals surface area contributed by atoms with Crippen molar-refractivity contribution in [3.05, 3.63) is 42.0 Å². The van der Waals surface area contributed by atoms with Crippen LogP contribution in [0.4, 0.5) is 11.4 Å². The summed E-state index contributed by atoms with van der Waals surface area (Å²) in [5.41, 5.74) is 2.08. The summed E-state index contributed by atoms with van der Waals surface area (Å²) in [6.45, 7) is 2.37. The van der Waals surface area contributed by atoms with E-state index in [1.807, 2.05) is 50.2 Å². The predicted molar refractivity (Wildman–Crippen MR) is 121 cm³/mol. The van der Waals surface area contributed by atoms with Crippen LogP contribution in [0.25, 0.3) is 0 Å². The summed E-state index contributed by atoms with van der Waals surface area (Å²) < 4.78 is 38.7. The van der Waals surface area contributed by atoms with E-state index < -0.39 is 10.0 Å². The molecule has 0 amide bonds. The van der Waals surface area contributed by atoms with Crippen molar-refractivity contribution in [1.82, 2.24) is 14.5 Å². The number of hydrogen-bond acceptors (Lipinski definition) is 7. The van der Waals surface area contributed by atoms with Gasteiger partial charge in [0.1, 0.15) is 10.7 Å². The maximum Gasteiger partial charge on any atom is 0.266 e. The van der Waals surface area contributed by atoms with Gasteiger partial charge in [0, 0.05) is 39.8 Å². The third kappa shape index (κ3) is 4.91. The minimum absolute atomic E-state index is 0.0396. The van der Waals surface area contributed by atoms with Crippen molar-refractivity contribution in [3.63, 3.8) is 0 Å². The lowest BCUT2D eigenvalue weighted by molar-refractivity contribution is 0.354. The van der Waals surface area contributed by atoms with Gasteiger partial charge in [-0.25, -0.2) is 23.1 Å². The number of benzene rings is 2. The van der Waals surface area contributed by atoms with Gasteiger partial charge in [0.2, 0.25) is 5.96 Å². The molecule has 0 aliphatic carbocycles. The van der Waals surface area contributed by atoms with Crippen molar-refractivity contribution in [2.45, 2.75) is 18.4 Å². The molecule has 166 valence electrons. The van der Waals surface area contributed by atoms with Gasteiger partial charge in [-0.2, -0.15) is 0 Å². The van der Waals surface area contributed by atoms with Crippen LogP contribution >= 0.6 is 0 Å².